The summed E-state index contributed by atoms with van der Waals surface area (Å²) in [6.45, 7) is 3.62. The molecular formula is C17H26N2O4S. The van der Waals surface area contributed by atoms with Crippen molar-refractivity contribution in [2.24, 2.45) is 0 Å². The number of carbonyl (C=O) groups excluding carboxylic acids is 1. The average Bonchev–Trinajstić information content (AvgIpc) is 2.59. The molecule has 6 nitrogen and oxygen atoms in total. The van der Waals surface area contributed by atoms with Gasteiger partial charge in [0.2, 0.25) is 10.0 Å². The highest BCUT2D eigenvalue weighted by molar-refractivity contribution is 7.89. The van der Waals surface area contributed by atoms with E-state index >= 15 is 0 Å². The molecule has 0 saturated carbocycles. The van der Waals surface area contributed by atoms with Gasteiger partial charge in [0.25, 0.3) is 5.91 Å². The van der Waals surface area contributed by atoms with Crippen LogP contribution in [-0.2, 0) is 14.8 Å². The maximum atomic E-state index is 12.7. The van der Waals surface area contributed by atoms with Crippen LogP contribution in [0.4, 0.5) is 0 Å². The highest BCUT2D eigenvalue weighted by Gasteiger charge is 2.30. The fraction of sp³-hybridized carbons (Fsp3) is 0.588. The number of ether oxygens (including phenoxy) is 1. The van der Waals surface area contributed by atoms with Gasteiger partial charge < -0.3 is 10.1 Å². The average molecular weight is 354 g/mol. The summed E-state index contributed by atoms with van der Waals surface area (Å²) < 4.78 is 32.0. The third-order valence-corrected chi connectivity index (χ3v) is 6.30. The van der Waals surface area contributed by atoms with Crippen LogP contribution in [0, 0.1) is 0 Å². The second-order valence-corrected chi connectivity index (χ2v) is 7.98. The second-order valence-electron chi connectivity index (χ2n) is 6.09. The van der Waals surface area contributed by atoms with Gasteiger partial charge in [0.05, 0.1) is 4.90 Å². The van der Waals surface area contributed by atoms with Crippen LogP contribution in [0.3, 0.4) is 0 Å². The van der Waals surface area contributed by atoms with Crippen molar-refractivity contribution in [1.82, 2.24) is 9.62 Å². The van der Waals surface area contributed by atoms with Crippen molar-refractivity contribution in [2.45, 2.75) is 43.5 Å². The largest absolute Gasteiger partial charge is 0.385 e. The molecule has 2 rings (SSSR count). The van der Waals surface area contributed by atoms with Gasteiger partial charge in [-0.2, -0.15) is 4.31 Å². The number of sulfonamides is 1. The molecule has 1 heterocycles. The second kappa shape index (κ2) is 8.60. The molecule has 0 bridgehead atoms. The molecule has 1 saturated heterocycles. The van der Waals surface area contributed by atoms with E-state index in [1.807, 2.05) is 6.92 Å². The summed E-state index contributed by atoms with van der Waals surface area (Å²) in [5.74, 6) is -0.207. The summed E-state index contributed by atoms with van der Waals surface area (Å²) >= 11 is 0. The van der Waals surface area contributed by atoms with Crippen LogP contribution < -0.4 is 5.32 Å². The minimum absolute atomic E-state index is 0.0208. The Hall–Kier alpha value is -1.44. The Bertz CT molecular complexity index is 643. The molecule has 1 aromatic rings. The molecule has 1 atom stereocenters. The fourth-order valence-electron chi connectivity index (χ4n) is 2.86. The number of methoxy groups -OCH3 is 1. The topological polar surface area (TPSA) is 75.7 Å². The van der Waals surface area contributed by atoms with Crippen molar-refractivity contribution in [3.8, 4) is 0 Å². The van der Waals surface area contributed by atoms with Gasteiger partial charge in [0.15, 0.2) is 0 Å². The van der Waals surface area contributed by atoms with Crippen molar-refractivity contribution >= 4 is 15.9 Å². The lowest BCUT2D eigenvalue weighted by Crippen LogP contribution is -2.41. The van der Waals surface area contributed by atoms with Gasteiger partial charge >= 0.3 is 0 Å². The third kappa shape index (κ3) is 4.55. The molecule has 0 spiro atoms. The molecule has 1 aliphatic heterocycles. The van der Waals surface area contributed by atoms with E-state index in [0.717, 1.165) is 25.7 Å². The molecule has 0 radical (unpaired) electrons. The molecular weight excluding hydrogens is 328 g/mol. The normalized spacial score (nSPS) is 19.2. The summed E-state index contributed by atoms with van der Waals surface area (Å²) in [4.78, 5) is 12.3. The molecule has 0 aromatic heterocycles. The first-order valence-corrected chi connectivity index (χ1v) is 9.80. The highest BCUT2D eigenvalue weighted by Crippen LogP contribution is 2.25. The zero-order valence-corrected chi connectivity index (χ0v) is 15.1. The summed E-state index contributed by atoms with van der Waals surface area (Å²) in [5.41, 5.74) is 0.457. The summed E-state index contributed by atoms with van der Waals surface area (Å²) in [5, 5.41) is 2.78. The number of nitrogens with zero attached hydrogens (tertiary/aromatic N) is 1. The zero-order valence-electron chi connectivity index (χ0n) is 14.3. The Morgan fingerprint density at radius 2 is 2.00 bits per heavy atom. The maximum absolute atomic E-state index is 12.7. The molecule has 0 aliphatic carbocycles. The molecule has 24 heavy (non-hydrogen) atoms. The van der Waals surface area contributed by atoms with E-state index in [1.54, 1.807) is 23.5 Å². The Morgan fingerprint density at radius 3 is 2.62 bits per heavy atom. The summed E-state index contributed by atoms with van der Waals surface area (Å²) in [7, 11) is -1.88. The highest BCUT2D eigenvalue weighted by atomic mass is 32.2. The lowest BCUT2D eigenvalue weighted by atomic mass is 10.1. The van der Waals surface area contributed by atoms with Crippen LogP contribution in [0.2, 0.25) is 0 Å². The van der Waals surface area contributed by atoms with Crippen LogP contribution in [0.1, 0.15) is 43.0 Å². The lowest BCUT2D eigenvalue weighted by molar-refractivity contribution is 0.0948. The zero-order chi connectivity index (χ0) is 17.6. The lowest BCUT2D eigenvalue weighted by Gasteiger charge is -2.32. The number of hydrogen-bond acceptors (Lipinski definition) is 4. The number of rotatable bonds is 7. The molecule has 1 fully saturated rings. The Kier molecular flexibility index (Phi) is 6.77. The van der Waals surface area contributed by atoms with E-state index in [9.17, 15) is 13.2 Å². The predicted octanol–water partition coefficient (Wildman–Crippen LogP) is 2.02. The van der Waals surface area contributed by atoms with Crippen LogP contribution >= 0.6 is 0 Å². The van der Waals surface area contributed by atoms with Crippen LogP contribution in [0.5, 0.6) is 0 Å². The van der Waals surface area contributed by atoms with Gasteiger partial charge in [0, 0.05) is 38.4 Å². The first-order valence-electron chi connectivity index (χ1n) is 8.36. The van der Waals surface area contributed by atoms with Crippen LogP contribution in [0.15, 0.2) is 29.2 Å². The van der Waals surface area contributed by atoms with Crippen molar-refractivity contribution in [3.05, 3.63) is 29.8 Å². The monoisotopic (exact) mass is 354 g/mol. The first kappa shape index (κ1) is 18.9. The smallest absolute Gasteiger partial charge is 0.251 e. The van der Waals surface area contributed by atoms with Gasteiger partial charge in [-0.15, -0.1) is 0 Å². The minimum atomic E-state index is -3.49. The number of piperidine rings is 1. The van der Waals surface area contributed by atoms with E-state index in [2.05, 4.69) is 5.32 Å². The molecule has 1 aliphatic rings. The van der Waals surface area contributed by atoms with Crippen LogP contribution in [-0.4, -0.2) is 51.5 Å². The predicted molar refractivity (Wildman–Crippen MR) is 92.5 cm³/mol. The standard InChI is InChI=1S/C17H26N2O4S/c1-14-6-3-4-12-19(14)24(21,22)16-9-7-15(8-10-16)17(20)18-11-5-13-23-2/h7-10,14H,3-6,11-13H2,1-2H3,(H,18,20). The van der Waals surface area contributed by atoms with E-state index < -0.39 is 10.0 Å². The molecule has 1 amide bonds. The maximum Gasteiger partial charge on any atom is 0.251 e. The molecule has 1 N–H and O–H groups in total. The number of nitrogens with one attached hydrogen (secondary N) is 1. The number of amides is 1. The molecule has 1 aromatic carbocycles. The third-order valence-electron chi connectivity index (χ3n) is 4.28. The van der Waals surface area contributed by atoms with E-state index in [-0.39, 0.29) is 16.8 Å². The molecule has 7 heteroatoms. The van der Waals surface area contributed by atoms with Gasteiger partial charge in [-0.05, 0) is 50.5 Å². The number of benzene rings is 1. The van der Waals surface area contributed by atoms with Crippen molar-refractivity contribution in [2.75, 3.05) is 26.8 Å². The summed E-state index contributed by atoms with van der Waals surface area (Å²) in [6.07, 6.45) is 3.59. The summed E-state index contributed by atoms with van der Waals surface area (Å²) in [6, 6.07) is 6.18. The quantitative estimate of drug-likeness (QED) is 0.760. The van der Waals surface area contributed by atoms with Gasteiger partial charge in [-0.3, -0.25) is 4.79 Å². The van der Waals surface area contributed by atoms with Crippen molar-refractivity contribution in [3.63, 3.8) is 0 Å². The van der Waals surface area contributed by atoms with E-state index in [0.29, 0.717) is 25.3 Å². The molecule has 1 unspecified atom stereocenters. The van der Waals surface area contributed by atoms with Crippen LogP contribution in [0.25, 0.3) is 0 Å². The number of hydrogen-bond donors (Lipinski definition) is 1. The Balaban J connectivity index is 2.04. The SMILES string of the molecule is COCCCNC(=O)c1ccc(S(=O)(=O)N2CCCCC2C)cc1. The Labute approximate surface area is 144 Å². The Morgan fingerprint density at radius 1 is 1.29 bits per heavy atom. The van der Waals surface area contributed by atoms with E-state index in [1.165, 1.54) is 12.1 Å². The van der Waals surface area contributed by atoms with Crippen molar-refractivity contribution < 1.29 is 17.9 Å². The van der Waals surface area contributed by atoms with E-state index in [4.69, 9.17) is 4.74 Å². The molecule has 134 valence electrons. The van der Waals surface area contributed by atoms with Gasteiger partial charge in [-0.1, -0.05) is 6.42 Å². The number of carbonyl (C=O) groups is 1. The minimum Gasteiger partial charge on any atom is -0.385 e. The van der Waals surface area contributed by atoms with Gasteiger partial charge in [0.1, 0.15) is 0 Å². The fourth-order valence-corrected chi connectivity index (χ4v) is 4.56. The first-order chi connectivity index (χ1) is 11.5. The van der Waals surface area contributed by atoms with Gasteiger partial charge in [-0.25, -0.2) is 8.42 Å². The van der Waals surface area contributed by atoms with Crippen molar-refractivity contribution in [1.29, 1.82) is 0 Å².